The number of halogens is 11. The predicted molar refractivity (Wildman–Crippen MR) is 92.5 cm³/mol. The van der Waals surface area contributed by atoms with Gasteiger partial charge in [-0.25, -0.2) is 16.8 Å². The van der Waals surface area contributed by atoms with E-state index in [9.17, 15) is 52.0 Å². The van der Waals surface area contributed by atoms with Gasteiger partial charge >= 0.3 is 39.1 Å². The predicted octanol–water partition coefficient (Wildman–Crippen LogP) is 6.03. The first-order valence-corrected chi connectivity index (χ1v) is 12.8. The van der Waals surface area contributed by atoms with Gasteiger partial charge in [0.2, 0.25) is 0 Å². The lowest BCUT2D eigenvalue weighted by Gasteiger charge is -2.24. The smallest absolute Gasteiger partial charge is 0.206 e. The fourth-order valence-electron chi connectivity index (χ4n) is 1.31. The van der Waals surface area contributed by atoms with Gasteiger partial charge in [0.25, 0.3) is 0 Å². The average Bonchev–Trinajstić information content (AvgIpc) is 2.47. The molecule has 0 aliphatic carbocycles. The lowest BCUT2D eigenvalue weighted by atomic mass is 10.4. The molecule has 29 heavy (non-hydrogen) atoms. The van der Waals surface area contributed by atoms with Crippen LogP contribution in [-0.4, -0.2) is 37.9 Å². The van der Waals surface area contributed by atoms with Crippen LogP contribution in [-0.2, 0) is 18.1 Å². The summed E-state index contributed by atoms with van der Waals surface area (Å²) in [5.41, 5.74) is 0. The molecule has 1 aromatic carbocycles. The van der Waals surface area contributed by atoms with E-state index in [0.717, 1.165) is 0 Å². The van der Waals surface area contributed by atoms with Crippen molar-refractivity contribution in [2.45, 2.75) is 30.8 Å². The molecule has 0 aliphatic rings. The summed E-state index contributed by atoms with van der Waals surface area (Å²) in [7, 11) is -3.74. The van der Waals surface area contributed by atoms with Gasteiger partial charge < -0.3 is 0 Å². The Bertz CT molecular complexity index is 1000. The monoisotopic (exact) mass is 572 g/mol. The van der Waals surface area contributed by atoms with Crippen LogP contribution in [0.4, 0.5) is 35.1 Å². The van der Waals surface area contributed by atoms with E-state index in [1.54, 1.807) is 0 Å². The van der Waals surface area contributed by atoms with E-state index >= 15 is 0 Å². The molecule has 0 atom stereocenters. The summed E-state index contributed by atoms with van der Waals surface area (Å²) in [6.45, 7) is 0. The second kappa shape index (κ2) is 8.24. The molecule has 0 saturated heterocycles. The first-order valence-electron chi connectivity index (χ1n) is 6.14. The van der Waals surface area contributed by atoms with Gasteiger partial charge in [-0.15, -0.1) is 0 Å². The fraction of sp³-hybridized carbons (Fsp3) is 0.400. The van der Waals surface area contributed by atoms with Crippen molar-refractivity contribution < 1.29 is 52.0 Å². The number of hydrogen-bond donors (Lipinski definition) is 0. The quantitative estimate of drug-likeness (QED) is 0.215. The van der Waals surface area contributed by atoms with Gasteiger partial charge in [-0.3, -0.25) is 0 Å². The highest BCUT2D eigenvalue weighted by Gasteiger charge is 2.67. The largest absolute Gasteiger partial charge is 0.431 e. The third kappa shape index (κ3) is 5.49. The molecule has 168 valence electrons. The summed E-state index contributed by atoms with van der Waals surface area (Å²) in [6.07, 6.45) is 0. The second-order valence-electron chi connectivity index (χ2n) is 4.74. The molecule has 0 spiro atoms. The Balaban J connectivity index is 3.33. The Kier molecular flexibility index (Phi) is 7.72. The van der Waals surface area contributed by atoms with Crippen LogP contribution >= 0.6 is 56.5 Å². The Labute approximate surface area is 180 Å². The lowest BCUT2D eigenvalue weighted by Crippen LogP contribution is -2.42. The first-order chi connectivity index (χ1) is 12.6. The normalized spacial score (nSPS) is 14.9. The van der Waals surface area contributed by atoms with Crippen LogP contribution in [0.15, 0.2) is 28.0 Å². The first kappa shape index (κ1) is 27.2. The molecule has 0 aliphatic heterocycles. The van der Waals surface area contributed by atoms with Crippen molar-refractivity contribution in [3.8, 4) is 0 Å². The standard InChI is InChI=1S/C10H3Cl3F8O4S4/c11-5-2-1-4(26-7(14,15)9(18,19)28(12,22)23)3-6(5)27-8(16,17)10(20,21)29(13,24)25/h1-3H. The molecule has 0 radical (unpaired) electrons. The molecule has 0 bridgehead atoms. The van der Waals surface area contributed by atoms with Crippen molar-refractivity contribution >= 4 is 74.6 Å². The van der Waals surface area contributed by atoms with Crippen LogP contribution < -0.4 is 0 Å². The van der Waals surface area contributed by atoms with Crippen LogP contribution in [0.25, 0.3) is 0 Å². The maximum absolute atomic E-state index is 13.7. The Morgan fingerprint density at radius 1 is 0.724 bits per heavy atom. The fourth-order valence-corrected chi connectivity index (χ4v) is 5.43. The maximum atomic E-state index is 13.7. The molecule has 1 aromatic rings. The summed E-state index contributed by atoms with van der Waals surface area (Å²) in [6, 6.07) is 1.31. The molecule has 0 amide bonds. The van der Waals surface area contributed by atoms with Crippen molar-refractivity contribution in [2.24, 2.45) is 0 Å². The van der Waals surface area contributed by atoms with E-state index in [-0.39, 0.29) is 6.07 Å². The highest BCUT2D eigenvalue weighted by atomic mass is 35.7. The van der Waals surface area contributed by atoms with Crippen molar-refractivity contribution in [3.05, 3.63) is 23.2 Å². The summed E-state index contributed by atoms with van der Waals surface area (Å²) in [4.78, 5) is -2.15. The third-order valence-electron chi connectivity index (χ3n) is 2.68. The number of thioether (sulfide) groups is 2. The molecule has 1 rings (SSSR count). The zero-order valence-electron chi connectivity index (χ0n) is 12.7. The summed E-state index contributed by atoms with van der Waals surface area (Å²) >= 11 is 3.09. The molecular weight excluding hydrogens is 571 g/mol. The highest BCUT2D eigenvalue weighted by Crippen LogP contribution is 2.54. The summed E-state index contributed by atoms with van der Waals surface area (Å²) in [5, 5.41) is -23.3. The van der Waals surface area contributed by atoms with Crippen molar-refractivity contribution in [1.29, 1.82) is 0 Å². The molecule has 0 heterocycles. The molecule has 0 N–H and O–H groups in total. The zero-order valence-corrected chi connectivity index (χ0v) is 18.2. The average molecular weight is 574 g/mol. The number of hydrogen-bond acceptors (Lipinski definition) is 6. The summed E-state index contributed by atoms with van der Waals surface area (Å²) in [5.74, 6) is 0. The highest BCUT2D eigenvalue weighted by molar-refractivity contribution is 8.15. The SMILES string of the molecule is O=S(=O)(Cl)C(F)(F)C(F)(F)Sc1ccc(Cl)c(SC(F)(F)C(F)(F)S(=O)(=O)Cl)c1. The Morgan fingerprint density at radius 3 is 1.48 bits per heavy atom. The Morgan fingerprint density at radius 2 is 1.10 bits per heavy atom. The van der Waals surface area contributed by atoms with Crippen LogP contribution in [0.1, 0.15) is 0 Å². The maximum Gasteiger partial charge on any atom is 0.431 e. The lowest BCUT2D eigenvalue weighted by molar-refractivity contribution is -0.0888. The van der Waals surface area contributed by atoms with E-state index in [0.29, 0.717) is 12.1 Å². The van der Waals surface area contributed by atoms with Gasteiger partial charge in [-0.05, 0) is 41.7 Å². The minimum Gasteiger partial charge on any atom is -0.206 e. The second-order valence-corrected chi connectivity index (χ2v) is 12.7. The van der Waals surface area contributed by atoms with Gasteiger partial charge in [0.1, 0.15) is 0 Å². The number of benzene rings is 1. The van der Waals surface area contributed by atoms with Crippen molar-refractivity contribution in [3.63, 3.8) is 0 Å². The van der Waals surface area contributed by atoms with Crippen LogP contribution in [0, 0.1) is 0 Å². The molecule has 0 saturated carbocycles. The molecule has 19 heteroatoms. The van der Waals surface area contributed by atoms with Crippen LogP contribution in [0.3, 0.4) is 0 Å². The van der Waals surface area contributed by atoms with Gasteiger partial charge in [0.05, 0.1) is 5.02 Å². The van der Waals surface area contributed by atoms with Crippen molar-refractivity contribution in [2.75, 3.05) is 0 Å². The third-order valence-corrected chi connectivity index (χ3v) is 8.35. The molecule has 0 unspecified atom stereocenters. The van der Waals surface area contributed by atoms with E-state index in [4.69, 9.17) is 11.6 Å². The van der Waals surface area contributed by atoms with E-state index in [1.807, 2.05) is 0 Å². The number of rotatable bonds is 8. The molecular formula is C10H3Cl3F8O4S4. The van der Waals surface area contributed by atoms with Gasteiger partial charge in [0, 0.05) is 31.2 Å². The molecule has 0 fully saturated rings. The van der Waals surface area contributed by atoms with E-state index in [2.05, 4.69) is 21.4 Å². The Hall–Kier alpha value is 0.130. The minimum absolute atomic E-state index is 0.202. The van der Waals surface area contributed by atoms with Crippen molar-refractivity contribution in [1.82, 2.24) is 0 Å². The van der Waals surface area contributed by atoms with Crippen LogP contribution in [0.5, 0.6) is 0 Å². The number of alkyl halides is 8. The minimum atomic E-state index is -6.15. The van der Waals surface area contributed by atoms with E-state index in [1.165, 1.54) is 0 Å². The van der Waals surface area contributed by atoms with Crippen LogP contribution in [0.2, 0.25) is 5.02 Å². The molecule has 4 nitrogen and oxygen atoms in total. The topological polar surface area (TPSA) is 68.3 Å². The molecule has 0 aromatic heterocycles. The summed E-state index contributed by atoms with van der Waals surface area (Å²) < 4.78 is 151. The van der Waals surface area contributed by atoms with Gasteiger partial charge in [-0.1, -0.05) is 11.6 Å². The zero-order chi connectivity index (χ0) is 23.3. The van der Waals surface area contributed by atoms with E-state index < -0.39 is 77.5 Å². The van der Waals surface area contributed by atoms with Gasteiger partial charge in [0.15, 0.2) is 0 Å². The van der Waals surface area contributed by atoms with Gasteiger partial charge in [-0.2, -0.15) is 35.1 Å².